The zero-order chi connectivity index (χ0) is 13.5. The van der Waals surface area contributed by atoms with E-state index in [1.165, 1.54) is 32.9 Å². The topological polar surface area (TPSA) is 4.93 Å². The standard InChI is InChI=1S/C19H15N/c1-14-6-5-13-20(14)19-10-4-9-17-16-8-3-2-7-15(16)11-12-18(17)19/h2-13H,1H3. The third-order valence-corrected chi connectivity index (χ3v) is 3.98. The summed E-state index contributed by atoms with van der Waals surface area (Å²) in [5.74, 6) is 0. The molecule has 1 aromatic heterocycles. The fourth-order valence-corrected chi connectivity index (χ4v) is 2.97. The minimum absolute atomic E-state index is 1.25. The molecule has 1 heterocycles. The van der Waals surface area contributed by atoms with Crippen LogP contribution in [0.15, 0.2) is 72.9 Å². The summed E-state index contributed by atoms with van der Waals surface area (Å²) >= 11 is 0. The molecule has 0 unspecified atom stereocenters. The van der Waals surface area contributed by atoms with Crippen LogP contribution >= 0.6 is 0 Å². The van der Waals surface area contributed by atoms with Crippen LogP contribution in [-0.2, 0) is 0 Å². The third kappa shape index (κ3) is 1.56. The van der Waals surface area contributed by atoms with Crippen molar-refractivity contribution in [1.29, 1.82) is 0 Å². The number of benzene rings is 3. The highest BCUT2D eigenvalue weighted by Crippen LogP contribution is 2.30. The Balaban J connectivity index is 2.14. The summed E-state index contributed by atoms with van der Waals surface area (Å²) in [5.41, 5.74) is 2.50. The molecular weight excluding hydrogens is 242 g/mol. The maximum absolute atomic E-state index is 2.25. The van der Waals surface area contributed by atoms with Crippen molar-refractivity contribution in [3.8, 4) is 5.69 Å². The zero-order valence-electron chi connectivity index (χ0n) is 11.4. The maximum atomic E-state index is 2.25. The molecule has 0 saturated heterocycles. The summed E-state index contributed by atoms with van der Waals surface area (Å²) in [5, 5.41) is 5.22. The average Bonchev–Trinajstić information content (AvgIpc) is 2.92. The van der Waals surface area contributed by atoms with Gasteiger partial charge in [0.2, 0.25) is 0 Å². The SMILES string of the molecule is Cc1cccn1-c1cccc2c1ccc1ccccc12. The van der Waals surface area contributed by atoms with E-state index >= 15 is 0 Å². The van der Waals surface area contributed by atoms with Crippen molar-refractivity contribution >= 4 is 21.5 Å². The van der Waals surface area contributed by atoms with Crippen LogP contribution in [0.4, 0.5) is 0 Å². The van der Waals surface area contributed by atoms with Gasteiger partial charge in [0.1, 0.15) is 0 Å². The summed E-state index contributed by atoms with van der Waals surface area (Å²) in [7, 11) is 0. The van der Waals surface area contributed by atoms with E-state index < -0.39 is 0 Å². The zero-order valence-corrected chi connectivity index (χ0v) is 11.4. The van der Waals surface area contributed by atoms with E-state index in [4.69, 9.17) is 0 Å². The lowest BCUT2D eigenvalue weighted by Gasteiger charge is -2.12. The monoisotopic (exact) mass is 257 g/mol. The Kier molecular flexibility index (Phi) is 2.40. The van der Waals surface area contributed by atoms with Crippen LogP contribution in [-0.4, -0.2) is 4.57 Å². The van der Waals surface area contributed by atoms with E-state index in [2.05, 4.69) is 84.4 Å². The van der Waals surface area contributed by atoms with Crippen molar-refractivity contribution in [1.82, 2.24) is 4.57 Å². The van der Waals surface area contributed by atoms with Gasteiger partial charge in [0.15, 0.2) is 0 Å². The number of aryl methyl sites for hydroxylation is 1. The molecule has 0 N–H and O–H groups in total. The van der Waals surface area contributed by atoms with Gasteiger partial charge in [0.05, 0.1) is 5.69 Å². The van der Waals surface area contributed by atoms with Crippen molar-refractivity contribution in [2.24, 2.45) is 0 Å². The molecule has 0 amide bonds. The Morgan fingerprint density at radius 2 is 1.50 bits per heavy atom. The van der Waals surface area contributed by atoms with Crippen molar-refractivity contribution in [3.63, 3.8) is 0 Å². The van der Waals surface area contributed by atoms with Crippen LogP contribution < -0.4 is 0 Å². The number of hydrogen-bond acceptors (Lipinski definition) is 0. The Hall–Kier alpha value is -2.54. The largest absolute Gasteiger partial charge is 0.321 e. The van der Waals surface area contributed by atoms with Crippen molar-refractivity contribution in [2.75, 3.05) is 0 Å². The minimum Gasteiger partial charge on any atom is -0.321 e. The summed E-state index contributed by atoms with van der Waals surface area (Å²) in [6.07, 6.45) is 2.12. The molecular formula is C19H15N. The molecule has 1 heteroatoms. The first-order valence-electron chi connectivity index (χ1n) is 6.89. The van der Waals surface area contributed by atoms with Gasteiger partial charge in [-0.25, -0.2) is 0 Å². The molecule has 0 bridgehead atoms. The van der Waals surface area contributed by atoms with E-state index in [1.807, 2.05) is 0 Å². The second-order valence-electron chi connectivity index (χ2n) is 5.18. The molecule has 4 rings (SSSR count). The lowest BCUT2D eigenvalue weighted by atomic mass is 10.0. The predicted molar refractivity (Wildman–Crippen MR) is 85.5 cm³/mol. The van der Waals surface area contributed by atoms with E-state index in [1.54, 1.807) is 0 Å². The van der Waals surface area contributed by atoms with Gasteiger partial charge in [0.25, 0.3) is 0 Å². The van der Waals surface area contributed by atoms with Crippen LogP contribution in [0.25, 0.3) is 27.2 Å². The van der Waals surface area contributed by atoms with Gasteiger partial charge in [-0.1, -0.05) is 48.5 Å². The fraction of sp³-hybridized carbons (Fsp3) is 0.0526. The quantitative estimate of drug-likeness (QED) is 0.418. The molecule has 0 saturated carbocycles. The Morgan fingerprint density at radius 1 is 0.650 bits per heavy atom. The molecule has 4 aromatic rings. The summed E-state index contributed by atoms with van der Waals surface area (Å²) in [6, 6.07) is 23.8. The molecule has 3 aromatic carbocycles. The Morgan fingerprint density at radius 3 is 2.35 bits per heavy atom. The molecule has 0 fully saturated rings. The second kappa shape index (κ2) is 4.24. The van der Waals surface area contributed by atoms with Gasteiger partial charge in [-0.15, -0.1) is 0 Å². The molecule has 0 aliphatic heterocycles. The molecule has 20 heavy (non-hydrogen) atoms. The Labute approximate surface area is 118 Å². The van der Waals surface area contributed by atoms with Crippen LogP contribution in [0.3, 0.4) is 0 Å². The van der Waals surface area contributed by atoms with E-state index in [0.29, 0.717) is 0 Å². The summed E-state index contributed by atoms with van der Waals surface area (Å²) < 4.78 is 2.25. The van der Waals surface area contributed by atoms with E-state index in [-0.39, 0.29) is 0 Å². The van der Waals surface area contributed by atoms with E-state index in [9.17, 15) is 0 Å². The molecule has 0 aliphatic carbocycles. The summed E-state index contributed by atoms with van der Waals surface area (Å²) in [6.45, 7) is 2.14. The first-order chi connectivity index (χ1) is 9.84. The van der Waals surface area contributed by atoms with Crippen LogP contribution in [0.2, 0.25) is 0 Å². The molecule has 0 radical (unpaired) electrons. The molecule has 0 spiro atoms. The summed E-state index contributed by atoms with van der Waals surface area (Å²) in [4.78, 5) is 0. The lowest BCUT2D eigenvalue weighted by Crippen LogP contribution is -1.95. The second-order valence-corrected chi connectivity index (χ2v) is 5.18. The van der Waals surface area contributed by atoms with Gasteiger partial charge >= 0.3 is 0 Å². The predicted octanol–water partition coefficient (Wildman–Crippen LogP) is 5.09. The smallest absolute Gasteiger partial charge is 0.0530 e. The van der Waals surface area contributed by atoms with E-state index in [0.717, 1.165) is 0 Å². The lowest BCUT2D eigenvalue weighted by molar-refractivity contribution is 1.03. The molecule has 0 atom stereocenters. The number of rotatable bonds is 1. The molecule has 1 nitrogen and oxygen atoms in total. The number of fused-ring (bicyclic) bond motifs is 3. The average molecular weight is 257 g/mol. The minimum atomic E-state index is 1.25. The van der Waals surface area contributed by atoms with Gasteiger partial charge in [-0.3, -0.25) is 0 Å². The number of nitrogens with zero attached hydrogens (tertiary/aromatic N) is 1. The van der Waals surface area contributed by atoms with Crippen molar-refractivity contribution < 1.29 is 0 Å². The van der Waals surface area contributed by atoms with Crippen molar-refractivity contribution in [3.05, 3.63) is 78.6 Å². The van der Waals surface area contributed by atoms with Gasteiger partial charge in [-0.05, 0) is 41.3 Å². The number of hydrogen-bond donors (Lipinski definition) is 0. The van der Waals surface area contributed by atoms with Crippen LogP contribution in [0.1, 0.15) is 5.69 Å². The first-order valence-corrected chi connectivity index (χ1v) is 6.89. The van der Waals surface area contributed by atoms with Crippen LogP contribution in [0.5, 0.6) is 0 Å². The van der Waals surface area contributed by atoms with Crippen LogP contribution in [0, 0.1) is 6.92 Å². The van der Waals surface area contributed by atoms with Gasteiger partial charge in [0, 0.05) is 17.3 Å². The normalized spacial score (nSPS) is 11.2. The van der Waals surface area contributed by atoms with Crippen molar-refractivity contribution in [2.45, 2.75) is 6.92 Å². The molecule has 0 aliphatic rings. The van der Waals surface area contributed by atoms with Gasteiger partial charge in [-0.2, -0.15) is 0 Å². The van der Waals surface area contributed by atoms with Gasteiger partial charge < -0.3 is 4.57 Å². The first kappa shape index (κ1) is 11.3. The molecule has 96 valence electrons. The highest BCUT2D eigenvalue weighted by Gasteiger charge is 2.06. The maximum Gasteiger partial charge on any atom is 0.0530 e. The Bertz CT molecular complexity index is 915. The third-order valence-electron chi connectivity index (χ3n) is 3.98. The highest BCUT2D eigenvalue weighted by molar-refractivity contribution is 6.09. The fourth-order valence-electron chi connectivity index (χ4n) is 2.97. The highest BCUT2D eigenvalue weighted by atomic mass is 15.0. The number of aromatic nitrogens is 1.